The normalized spacial score (nSPS) is 10.3. The van der Waals surface area contributed by atoms with Gasteiger partial charge in [0.15, 0.2) is 0 Å². The minimum atomic E-state index is -0.594. The van der Waals surface area contributed by atoms with Crippen LogP contribution in [0.2, 0.25) is 0 Å². The summed E-state index contributed by atoms with van der Waals surface area (Å²) in [5.74, 6) is 0.601. The van der Waals surface area contributed by atoms with Gasteiger partial charge in [-0.05, 0) is 20.8 Å². The van der Waals surface area contributed by atoms with Crippen LogP contribution in [0, 0.1) is 13.8 Å². The van der Waals surface area contributed by atoms with E-state index in [9.17, 15) is 9.59 Å². The monoisotopic (exact) mass is 277 g/mol. The molecule has 0 fully saturated rings. The molecular formula is C12H15N5O3. The number of aryl methyl sites for hydroxylation is 2. The molecule has 0 atom stereocenters. The fourth-order valence-corrected chi connectivity index (χ4v) is 1.69. The Balaban J connectivity index is 2.41. The van der Waals surface area contributed by atoms with E-state index in [1.54, 1.807) is 26.8 Å². The average Bonchev–Trinajstić information content (AvgIpc) is 2.69. The van der Waals surface area contributed by atoms with E-state index < -0.39 is 6.09 Å². The predicted molar refractivity (Wildman–Crippen MR) is 72.1 cm³/mol. The molecule has 20 heavy (non-hydrogen) atoms. The molecule has 8 heteroatoms. The number of ether oxygens (including phenoxy) is 1. The fourth-order valence-electron chi connectivity index (χ4n) is 1.69. The first-order valence-corrected chi connectivity index (χ1v) is 6.08. The molecule has 0 spiro atoms. The minimum absolute atomic E-state index is 0.231. The Bertz CT molecular complexity index is 689. The highest BCUT2D eigenvalue weighted by Gasteiger charge is 2.13. The molecule has 8 nitrogen and oxygen atoms in total. The molecule has 106 valence electrons. The second kappa shape index (κ2) is 5.55. The van der Waals surface area contributed by atoms with Crippen LogP contribution in [0.1, 0.15) is 18.3 Å². The lowest BCUT2D eigenvalue weighted by Gasteiger charge is -2.08. The van der Waals surface area contributed by atoms with Crippen LogP contribution in [0.25, 0.3) is 5.95 Å². The van der Waals surface area contributed by atoms with Crippen molar-refractivity contribution in [1.82, 2.24) is 19.7 Å². The molecule has 2 aromatic rings. The molecular weight excluding hydrogens is 262 g/mol. The number of carbonyl (C=O) groups is 1. The van der Waals surface area contributed by atoms with Crippen LogP contribution in [0.5, 0.6) is 0 Å². The Morgan fingerprint density at radius 2 is 2.15 bits per heavy atom. The number of H-pyrrole nitrogens is 1. The van der Waals surface area contributed by atoms with Crippen molar-refractivity contribution in [2.75, 3.05) is 11.9 Å². The van der Waals surface area contributed by atoms with E-state index in [0.29, 0.717) is 17.2 Å². The number of hydrogen-bond acceptors (Lipinski definition) is 5. The van der Waals surface area contributed by atoms with E-state index in [0.717, 1.165) is 0 Å². The summed E-state index contributed by atoms with van der Waals surface area (Å²) < 4.78 is 6.16. The molecule has 1 amide bonds. The highest BCUT2D eigenvalue weighted by Crippen LogP contribution is 2.14. The largest absolute Gasteiger partial charge is 0.450 e. The number of aromatic amines is 1. The molecule has 0 saturated carbocycles. The van der Waals surface area contributed by atoms with E-state index in [2.05, 4.69) is 20.4 Å². The zero-order chi connectivity index (χ0) is 14.7. The van der Waals surface area contributed by atoms with E-state index >= 15 is 0 Å². The summed E-state index contributed by atoms with van der Waals surface area (Å²) in [7, 11) is 0. The molecule has 0 unspecified atom stereocenters. The Labute approximate surface area is 114 Å². The first-order valence-electron chi connectivity index (χ1n) is 6.08. The number of rotatable bonds is 3. The van der Waals surface area contributed by atoms with Gasteiger partial charge in [0.05, 0.1) is 12.3 Å². The summed E-state index contributed by atoms with van der Waals surface area (Å²) >= 11 is 0. The second-order valence-electron chi connectivity index (χ2n) is 4.14. The van der Waals surface area contributed by atoms with Crippen molar-refractivity contribution in [3.8, 4) is 5.95 Å². The van der Waals surface area contributed by atoms with Crippen molar-refractivity contribution in [3.05, 3.63) is 33.9 Å². The molecule has 2 heterocycles. The number of aromatic nitrogens is 4. The third kappa shape index (κ3) is 3.02. The molecule has 0 bridgehead atoms. The summed E-state index contributed by atoms with van der Waals surface area (Å²) in [4.78, 5) is 29.7. The number of carbonyl (C=O) groups excluding carboxylic acids is 1. The zero-order valence-corrected chi connectivity index (χ0v) is 11.4. The molecule has 0 radical (unpaired) electrons. The maximum atomic E-state index is 11.5. The average molecular weight is 277 g/mol. The van der Waals surface area contributed by atoms with E-state index in [-0.39, 0.29) is 18.1 Å². The number of hydrogen-bond donors (Lipinski definition) is 2. The number of nitrogens with zero attached hydrogens (tertiary/aromatic N) is 3. The van der Waals surface area contributed by atoms with Gasteiger partial charge < -0.3 is 4.74 Å². The highest BCUT2D eigenvalue weighted by molar-refractivity contribution is 5.83. The first-order chi connectivity index (χ1) is 9.49. The molecule has 0 aliphatic rings. The van der Waals surface area contributed by atoms with Crippen molar-refractivity contribution in [2.45, 2.75) is 20.8 Å². The standard InChI is InChI=1S/C12H15N5O3/c1-4-20-12(19)14-9-5-8(3)16-17(9)11-13-7(2)6-10(18)15-11/h5-6H,4H2,1-3H3,(H,14,19)(H,13,15,18). The van der Waals surface area contributed by atoms with Gasteiger partial charge in [0.25, 0.3) is 5.56 Å². The third-order valence-corrected chi connectivity index (χ3v) is 2.39. The Morgan fingerprint density at radius 3 is 2.80 bits per heavy atom. The Morgan fingerprint density at radius 1 is 1.40 bits per heavy atom. The van der Waals surface area contributed by atoms with Gasteiger partial charge in [-0.1, -0.05) is 0 Å². The molecule has 2 aromatic heterocycles. The van der Waals surface area contributed by atoms with Crippen molar-refractivity contribution in [3.63, 3.8) is 0 Å². The minimum Gasteiger partial charge on any atom is -0.450 e. The summed E-state index contributed by atoms with van der Waals surface area (Å²) in [6.07, 6.45) is -0.594. The lowest BCUT2D eigenvalue weighted by molar-refractivity contribution is 0.167. The van der Waals surface area contributed by atoms with Crippen molar-refractivity contribution < 1.29 is 9.53 Å². The zero-order valence-electron chi connectivity index (χ0n) is 11.4. The van der Waals surface area contributed by atoms with Gasteiger partial charge in [0, 0.05) is 17.8 Å². The van der Waals surface area contributed by atoms with Gasteiger partial charge >= 0.3 is 6.09 Å². The Kier molecular flexibility index (Phi) is 3.83. The summed E-state index contributed by atoms with van der Waals surface area (Å²) in [5, 5.41) is 6.74. The molecule has 2 N–H and O–H groups in total. The smallest absolute Gasteiger partial charge is 0.412 e. The quantitative estimate of drug-likeness (QED) is 0.876. The van der Waals surface area contributed by atoms with Crippen molar-refractivity contribution >= 4 is 11.9 Å². The van der Waals surface area contributed by atoms with E-state index in [1.807, 2.05) is 0 Å². The van der Waals surface area contributed by atoms with Crippen LogP contribution in [0.3, 0.4) is 0 Å². The van der Waals surface area contributed by atoms with E-state index in [4.69, 9.17) is 4.74 Å². The highest BCUT2D eigenvalue weighted by atomic mass is 16.5. The number of amides is 1. The topological polar surface area (TPSA) is 102 Å². The van der Waals surface area contributed by atoms with Crippen LogP contribution in [-0.4, -0.2) is 32.4 Å². The SMILES string of the molecule is CCOC(=O)Nc1cc(C)nn1-c1nc(C)cc(=O)[nH]1. The van der Waals surface area contributed by atoms with Gasteiger partial charge in [0.2, 0.25) is 5.95 Å². The summed E-state index contributed by atoms with van der Waals surface area (Å²) in [6, 6.07) is 3.03. The van der Waals surface area contributed by atoms with Crippen LogP contribution >= 0.6 is 0 Å². The molecule has 0 aromatic carbocycles. The third-order valence-electron chi connectivity index (χ3n) is 2.39. The van der Waals surface area contributed by atoms with Crippen molar-refractivity contribution in [1.29, 1.82) is 0 Å². The van der Waals surface area contributed by atoms with Gasteiger partial charge in [-0.3, -0.25) is 15.1 Å². The van der Waals surface area contributed by atoms with Gasteiger partial charge in [-0.15, -0.1) is 0 Å². The molecule has 0 saturated heterocycles. The first kappa shape index (κ1) is 13.8. The van der Waals surface area contributed by atoms with Crippen molar-refractivity contribution in [2.24, 2.45) is 0 Å². The van der Waals surface area contributed by atoms with Gasteiger partial charge in [0.1, 0.15) is 5.82 Å². The van der Waals surface area contributed by atoms with Gasteiger partial charge in [-0.2, -0.15) is 9.78 Å². The lowest BCUT2D eigenvalue weighted by atomic mass is 10.4. The summed E-state index contributed by atoms with van der Waals surface area (Å²) in [6.45, 7) is 5.44. The van der Waals surface area contributed by atoms with Gasteiger partial charge in [-0.25, -0.2) is 9.78 Å². The summed E-state index contributed by atoms with van der Waals surface area (Å²) in [5.41, 5.74) is 0.933. The predicted octanol–water partition coefficient (Wildman–Crippen LogP) is 1.14. The van der Waals surface area contributed by atoms with Crippen LogP contribution < -0.4 is 10.9 Å². The lowest BCUT2D eigenvalue weighted by Crippen LogP contribution is -2.19. The van der Waals surface area contributed by atoms with Crippen LogP contribution in [-0.2, 0) is 4.74 Å². The maximum Gasteiger partial charge on any atom is 0.412 e. The van der Waals surface area contributed by atoms with Crippen LogP contribution in [0.15, 0.2) is 16.9 Å². The molecule has 2 rings (SSSR count). The molecule has 0 aliphatic carbocycles. The Hall–Kier alpha value is -2.64. The number of nitrogens with one attached hydrogen (secondary N) is 2. The second-order valence-corrected chi connectivity index (χ2v) is 4.14. The maximum absolute atomic E-state index is 11.5. The number of anilines is 1. The fraction of sp³-hybridized carbons (Fsp3) is 0.333. The van der Waals surface area contributed by atoms with E-state index in [1.165, 1.54) is 10.7 Å². The van der Waals surface area contributed by atoms with Crippen LogP contribution in [0.4, 0.5) is 10.6 Å². The molecule has 0 aliphatic heterocycles.